The van der Waals surface area contributed by atoms with Crippen molar-refractivity contribution in [1.29, 1.82) is 0 Å². The molecule has 1 aliphatic rings. The molecule has 0 spiro atoms. The Kier molecular flexibility index (Phi) is 4.91. The van der Waals surface area contributed by atoms with Crippen LogP contribution in [0.15, 0.2) is 42.5 Å². The van der Waals surface area contributed by atoms with Gasteiger partial charge in [-0.3, -0.25) is 4.79 Å². The third-order valence-electron chi connectivity index (χ3n) is 4.28. The predicted octanol–water partition coefficient (Wildman–Crippen LogP) is 4.13. The van der Waals surface area contributed by atoms with E-state index >= 15 is 0 Å². The van der Waals surface area contributed by atoms with Crippen LogP contribution in [0.4, 0.5) is 11.5 Å². The summed E-state index contributed by atoms with van der Waals surface area (Å²) in [5, 5.41) is 6.36. The summed E-state index contributed by atoms with van der Waals surface area (Å²) in [6.45, 7) is 2.66. The van der Waals surface area contributed by atoms with Crippen molar-refractivity contribution >= 4 is 17.4 Å². The number of pyridine rings is 1. The van der Waals surface area contributed by atoms with E-state index in [2.05, 4.69) is 15.6 Å². The van der Waals surface area contributed by atoms with E-state index in [1.165, 1.54) is 12.8 Å². The minimum atomic E-state index is 0.160. The van der Waals surface area contributed by atoms with Crippen molar-refractivity contribution in [2.45, 2.75) is 39.2 Å². The quantitative estimate of drug-likeness (QED) is 0.873. The van der Waals surface area contributed by atoms with E-state index in [0.717, 1.165) is 35.6 Å². The van der Waals surface area contributed by atoms with Crippen LogP contribution in [0.5, 0.6) is 0 Å². The summed E-state index contributed by atoms with van der Waals surface area (Å²) in [5.74, 6) is 1.21. The molecule has 0 saturated heterocycles. The molecule has 1 fully saturated rings. The summed E-state index contributed by atoms with van der Waals surface area (Å²) < 4.78 is 0. The van der Waals surface area contributed by atoms with Crippen LogP contribution in [-0.2, 0) is 11.3 Å². The maximum atomic E-state index is 12.2. The molecule has 120 valence electrons. The highest BCUT2D eigenvalue weighted by Crippen LogP contribution is 2.26. The molecule has 0 atom stereocenters. The first-order valence-electron chi connectivity index (χ1n) is 8.28. The summed E-state index contributed by atoms with van der Waals surface area (Å²) in [4.78, 5) is 16.6. The molecule has 4 heteroatoms. The van der Waals surface area contributed by atoms with Gasteiger partial charge in [-0.05, 0) is 49.6 Å². The number of hydrogen-bond acceptors (Lipinski definition) is 3. The van der Waals surface area contributed by atoms with Crippen LogP contribution >= 0.6 is 0 Å². The van der Waals surface area contributed by atoms with Crippen molar-refractivity contribution in [1.82, 2.24) is 4.98 Å². The smallest absolute Gasteiger partial charge is 0.227 e. The summed E-state index contributed by atoms with van der Waals surface area (Å²) in [5.41, 5.74) is 2.99. The highest BCUT2D eigenvalue weighted by atomic mass is 16.1. The second kappa shape index (κ2) is 7.27. The minimum Gasteiger partial charge on any atom is -0.366 e. The largest absolute Gasteiger partial charge is 0.366 e. The van der Waals surface area contributed by atoms with Gasteiger partial charge in [-0.1, -0.05) is 31.0 Å². The fraction of sp³-hybridized carbons (Fsp3) is 0.368. The number of aryl methyl sites for hydroxylation is 1. The number of benzene rings is 1. The number of carbonyl (C=O) groups is 1. The van der Waals surface area contributed by atoms with Gasteiger partial charge in [0.2, 0.25) is 5.91 Å². The molecule has 1 saturated carbocycles. The van der Waals surface area contributed by atoms with Gasteiger partial charge in [0.25, 0.3) is 0 Å². The zero-order valence-corrected chi connectivity index (χ0v) is 13.5. The molecular formula is C19H23N3O. The molecular weight excluding hydrogens is 286 g/mol. The number of nitrogens with zero attached hydrogens (tertiary/aromatic N) is 1. The van der Waals surface area contributed by atoms with Gasteiger partial charge >= 0.3 is 0 Å². The molecule has 1 aromatic heterocycles. The van der Waals surface area contributed by atoms with Gasteiger partial charge in [-0.2, -0.15) is 0 Å². The first kappa shape index (κ1) is 15.5. The van der Waals surface area contributed by atoms with Gasteiger partial charge < -0.3 is 10.6 Å². The molecule has 0 radical (unpaired) electrons. The van der Waals surface area contributed by atoms with E-state index in [1.807, 2.05) is 49.4 Å². The van der Waals surface area contributed by atoms with E-state index in [4.69, 9.17) is 0 Å². The molecule has 3 rings (SSSR count). The third kappa shape index (κ3) is 4.31. The number of hydrogen-bond donors (Lipinski definition) is 2. The Labute approximate surface area is 137 Å². The first-order chi connectivity index (χ1) is 11.2. The average Bonchev–Trinajstić information content (AvgIpc) is 3.08. The molecule has 0 bridgehead atoms. The lowest BCUT2D eigenvalue weighted by atomic mass is 10.1. The van der Waals surface area contributed by atoms with Crippen LogP contribution < -0.4 is 10.6 Å². The standard InChI is InChI=1S/C19H23N3O/c1-14-6-4-11-18(21-14)20-13-15-7-5-10-17(12-15)22-19(23)16-8-2-3-9-16/h4-7,10-12,16H,2-3,8-9,13H2,1H3,(H,20,21)(H,22,23). The van der Waals surface area contributed by atoms with Crippen LogP contribution in [0, 0.1) is 12.8 Å². The number of carbonyl (C=O) groups excluding carboxylic acids is 1. The van der Waals surface area contributed by atoms with Gasteiger partial charge in [0.15, 0.2) is 0 Å². The Morgan fingerprint density at radius 3 is 2.74 bits per heavy atom. The molecule has 0 aliphatic heterocycles. The average molecular weight is 309 g/mol. The first-order valence-corrected chi connectivity index (χ1v) is 8.28. The summed E-state index contributed by atoms with van der Waals surface area (Å²) in [6, 6.07) is 13.9. The Bertz CT molecular complexity index is 678. The fourth-order valence-corrected chi connectivity index (χ4v) is 3.03. The monoisotopic (exact) mass is 309 g/mol. The number of nitrogens with one attached hydrogen (secondary N) is 2. The molecule has 1 amide bonds. The maximum absolute atomic E-state index is 12.2. The molecule has 1 aliphatic carbocycles. The lowest BCUT2D eigenvalue weighted by Crippen LogP contribution is -2.20. The van der Waals surface area contributed by atoms with Crippen LogP contribution in [0.2, 0.25) is 0 Å². The topological polar surface area (TPSA) is 54.0 Å². The van der Waals surface area contributed by atoms with Gasteiger partial charge in [0.1, 0.15) is 5.82 Å². The molecule has 1 heterocycles. The van der Waals surface area contributed by atoms with Crippen LogP contribution in [0.25, 0.3) is 0 Å². The van der Waals surface area contributed by atoms with Crippen molar-refractivity contribution in [3.05, 3.63) is 53.7 Å². The number of aromatic nitrogens is 1. The summed E-state index contributed by atoms with van der Waals surface area (Å²) in [6.07, 6.45) is 4.38. The molecule has 2 aromatic rings. The second-order valence-electron chi connectivity index (χ2n) is 6.19. The predicted molar refractivity (Wildman–Crippen MR) is 93.3 cm³/mol. The summed E-state index contributed by atoms with van der Waals surface area (Å²) >= 11 is 0. The maximum Gasteiger partial charge on any atom is 0.227 e. The zero-order valence-electron chi connectivity index (χ0n) is 13.5. The van der Waals surface area contributed by atoms with Gasteiger partial charge in [-0.15, -0.1) is 0 Å². The van der Waals surface area contributed by atoms with E-state index in [1.54, 1.807) is 0 Å². The van der Waals surface area contributed by atoms with Crippen molar-refractivity contribution < 1.29 is 4.79 Å². The molecule has 0 unspecified atom stereocenters. The highest BCUT2D eigenvalue weighted by Gasteiger charge is 2.22. The Hall–Kier alpha value is -2.36. The molecule has 2 N–H and O–H groups in total. The van der Waals surface area contributed by atoms with Crippen molar-refractivity contribution in [2.24, 2.45) is 5.92 Å². The van der Waals surface area contributed by atoms with Crippen molar-refractivity contribution in [2.75, 3.05) is 10.6 Å². The number of anilines is 2. The van der Waals surface area contributed by atoms with Crippen molar-refractivity contribution in [3.8, 4) is 0 Å². The summed E-state index contributed by atoms with van der Waals surface area (Å²) in [7, 11) is 0. The lowest BCUT2D eigenvalue weighted by Gasteiger charge is -2.12. The fourth-order valence-electron chi connectivity index (χ4n) is 3.03. The van der Waals surface area contributed by atoms with Gasteiger partial charge in [-0.25, -0.2) is 4.98 Å². The Balaban J connectivity index is 1.59. The second-order valence-corrected chi connectivity index (χ2v) is 6.19. The normalized spacial score (nSPS) is 14.7. The zero-order chi connectivity index (χ0) is 16.1. The number of amides is 1. The molecule has 4 nitrogen and oxygen atoms in total. The van der Waals surface area contributed by atoms with Crippen molar-refractivity contribution in [3.63, 3.8) is 0 Å². The SMILES string of the molecule is Cc1cccc(NCc2cccc(NC(=O)C3CCCC3)c2)n1. The minimum absolute atomic E-state index is 0.160. The molecule has 23 heavy (non-hydrogen) atoms. The van der Waals surface area contributed by atoms with Crippen LogP contribution in [-0.4, -0.2) is 10.9 Å². The van der Waals surface area contributed by atoms with E-state index in [0.29, 0.717) is 6.54 Å². The Morgan fingerprint density at radius 2 is 1.96 bits per heavy atom. The van der Waals surface area contributed by atoms with E-state index in [9.17, 15) is 4.79 Å². The highest BCUT2D eigenvalue weighted by molar-refractivity contribution is 5.92. The van der Waals surface area contributed by atoms with Gasteiger partial charge in [0.05, 0.1) is 0 Å². The van der Waals surface area contributed by atoms with E-state index < -0.39 is 0 Å². The molecule has 1 aromatic carbocycles. The van der Waals surface area contributed by atoms with Crippen LogP contribution in [0.3, 0.4) is 0 Å². The van der Waals surface area contributed by atoms with E-state index in [-0.39, 0.29) is 11.8 Å². The van der Waals surface area contributed by atoms with Gasteiger partial charge in [0, 0.05) is 23.8 Å². The van der Waals surface area contributed by atoms with Crippen LogP contribution in [0.1, 0.15) is 36.9 Å². The lowest BCUT2D eigenvalue weighted by molar-refractivity contribution is -0.119. The number of rotatable bonds is 5. The Morgan fingerprint density at radius 1 is 1.17 bits per heavy atom. The third-order valence-corrected chi connectivity index (χ3v) is 4.28.